The Morgan fingerprint density at radius 3 is 2.57 bits per heavy atom. The number of carbonyl (C=O) groups is 2. The zero-order chi connectivity index (χ0) is 21.7. The van der Waals surface area contributed by atoms with Gasteiger partial charge in [-0.3, -0.25) is 14.9 Å². The maximum atomic E-state index is 12.3. The van der Waals surface area contributed by atoms with Crippen LogP contribution >= 0.6 is 0 Å². The molecule has 154 valence electrons. The van der Waals surface area contributed by atoms with Crippen LogP contribution < -0.4 is 10.1 Å². The van der Waals surface area contributed by atoms with E-state index in [1.165, 1.54) is 19.2 Å². The standard InChI is InChI=1S/C22H20N2O6/c1-14(17-9-5-7-15-6-3-4-8-18(15)17)23-21(25)13-30-22(26)16-10-11-20(29-2)19(12-16)24(27)28/h3-12,14H,13H2,1-2H3,(H,23,25)/t14-/m0/s1. The average molecular weight is 408 g/mol. The van der Waals surface area contributed by atoms with Crippen molar-refractivity contribution in [1.82, 2.24) is 5.32 Å². The molecular formula is C22H20N2O6. The Hall–Kier alpha value is -3.94. The predicted molar refractivity (Wildman–Crippen MR) is 110 cm³/mol. The number of rotatable bonds is 7. The fraction of sp³-hybridized carbons (Fsp3) is 0.182. The van der Waals surface area contributed by atoms with E-state index in [4.69, 9.17) is 9.47 Å². The summed E-state index contributed by atoms with van der Waals surface area (Å²) in [7, 11) is 1.29. The molecule has 0 heterocycles. The quantitative estimate of drug-likeness (QED) is 0.362. The molecule has 0 radical (unpaired) electrons. The third-order valence-electron chi connectivity index (χ3n) is 4.61. The molecule has 0 spiro atoms. The van der Waals surface area contributed by atoms with Gasteiger partial charge < -0.3 is 14.8 Å². The van der Waals surface area contributed by atoms with Gasteiger partial charge in [-0.05, 0) is 35.4 Å². The molecule has 0 aliphatic rings. The summed E-state index contributed by atoms with van der Waals surface area (Å²) in [5, 5.41) is 16.0. The minimum atomic E-state index is -0.839. The van der Waals surface area contributed by atoms with Gasteiger partial charge in [-0.2, -0.15) is 0 Å². The van der Waals surface area contributed by atoms with Crippen molar-refractivity contribution in [3.8, 4) is 5.75 Å². The summed E-state index contributed by atoms with van der Waals surface area (Å²) in [5.74, 6) is -1.29. The number of methoxy groups -OCH3 is 1. The van der Waals surface area contributed by atoms with Crippen LogP contribution in [0, 0.1) is 10.1 Å². The Morgan fingerprint density at radius 1 is 1.10 bits per heavy atom. The highest BCUT2D eigenvalue weighted by molar-refractivity contribution is 5.92. The number of carbonyl (C=O) groups excluding carboxylic acids is 2. The molecule has 0 saturated heterocycles. The fourth-order valence-corrected chi connectivity index (χ4v) is 3.16. The highest BCUT2D eigenvalue weighted by Gasteiger charge is 2.20. The Kier molecular flexibility index (Phi) is 6.26. The van der Waals surface area contributed by atoms with Crippen LogP contribution in [0.15, 0.2) is 60.7 Å². The molecule has 8 nitrogen and oxygen atoms in total. The summed E-state index contributed by atoms with van der Waals surface area (Å²) in [6, 6.07) is 17.1. The highest BCUT2D eigenvalue weighted by atomic mass is 16.6. The predicted octanol–water partition coefficient (Wildman–Crippen LogP) is 3.79. The first-order chi connectivity index (χ1) is 14.4. The van der Waals surface area contributed by atoms with Crippen molar-refractivity contribution in [3.63, 3.8) is 0 Å². The largest absolute Gasteiger partial charge is 0.490 e. The second-order valence-electron chi connectivity index (χ2n) is 6.58. The molecule has 3 aromatic carbocycles. The number of nitrogens with one attached hydrogen (secondary N) is 1. The molecule has 0 fully saturated rings. The summed E-state index contributed by atoms with van der Waals surface area (Å²) < 4.78 is 9.91. The second-order valence-corrected chi connectivity index (χ2v) is 6.58. The van der Waals surface area contributed by atoms with Crippen LogP contribution in [0.5, 0.6) is 5.75 Å². The molecule has 8 heteroatoms. The number of nitro benzene ring substituents is 1. The van der Waals surface area contributed by atoms with Gasteiger partial charge >= 0.3 is 11.7 Å². The van der Waals surface area contributed by atoms with E-state index < -0.39 is 23.4 Å². The molecule has 3 aromatic rings. The molecule has 0 saturated carbocycles. The van der Waals surface area contributed by atoms with E-state index in [2.05, 4.69) is 5.32 Å². The SMILES string of the molecule is COc1ccc(C(=O)OCC(=O)N[C@@H](C)c2cccc3ccccc23)cc1[N+](=O)[O-]. The van der Waals surface area contributed by atoms with E-state index in [1.54, 1.807) is 0 Å². The van der Waals surface area contributed by atoms with E-state index in [1.807, 2.05) is 49.4 Å². The van der Waals surface area contributed by atoms with Gasteiger partial charge in [0.2, 0.25) is 0 Å². The lowest BCUT2D eigenvalue weighted by Gasteiger charge is -2.16. The molecule has 1 N–H and O–H groups in total. The van der Waals surface area contributed by atoms with E-state index >= 15 is 0 Å². The number of nitrogens with zero attached hydrogens (tertiary/aromatic N) is 1. The maximum Gasteiger partial charge on any atom is 0.338 e. The fourth-order valence-electron chi connectivity index (χ4n) is 3.16. The van der Waals surface area contributed by atoms with Crippen LogP contribution in [-0.2, 0) is 9.53 Å². The topological polar surface area (TPSA) is 108 Å². The van der Waals surface area contributed by atoms with Gasteiger partial charge in [0, 0.05) is 6.07 Å². The number of ether oxygens (including phenoxy) is 2. The average Bonchev–Trinajstić information content (AvgIpc) is 2.76. The number of amides is 1. The molecule has 0 aromatic heterocycles. The van der Waals surface area contributed by atoms with Crippen LogP contribution in [0.25, 0.3) is 10.8 Å². The summed E-state index contributed by atoms with van der Waals surface area (Å²) in [6.07, 6.45) is 0. The van der Waals surface area contributed by atoms with Crippen molar-refractivity contribution in [2.45, 2.75) is 13.0 Å². The number of benzene rings is 3. The summed E-state index contributed by atoms with van der Waals surface area (Å²) in [4.78, 5) is 34.9. The van der Waals surface area contributed by atoms with E-state index in [0.29, 0.717) is 0 Å². The third kappa shape index (κ3) is 4.54. The zero-order valence-corrected chi connectivity index (χ0v) is 16.5. The number of nitro groups is 1. The Bertz CT molecular complexity index is 1110. The number of esters is 1. The first-order valence-corrected chi connectivity index (χ1v) is 9.17. The first-order valence-electron chi connectivity index (χ1n) is 9.17. The molecule has 0 aliphatic carbocycles. The third-order valence-corrected chi connectivity index (χ3v) is 4.61. The van der Waals surface area contributed by atoms with Crippen molar-refractivity contribution in [1.29, 1.82) is 0 Å². The van der Waals surface area contributed by atoms with Crippen LogP contribution in [0.4, 0.5) is 5.69 Å². The van der Waals surface area contributed by atoms with Gasteiger partial charge in [0.15, 0.2) is 12.4 Å². The van der Waals surface area contributed by atoms with Crippen molar-refractivity contribution >= 4 is 28.3 Å². The lowest BCUT2D eigenvalue weighted by molar-refractivity contribution is -0.385. The molecule has 3 rings (SSSR count). The van der Waals surface area contributed by atoms with Gasteiger partial charge in [0.25, 0.3) is 5.91 Å². The summed E-state index contributed by atoms with van der Waals surface area (Å²) in [6.45, 7) is 1.34. The Balaban J connectivity index is 1.63. The minimum Gasteiger partial charge on any atom is -0.490 e. The lowest BCUT2D eigenvalue weighted by atomic mass is 10.00. The number of hydrogen-bond acceptors (Lipinski definition) is 6. The van der Waals surface area contributed by atoms with Gasteiger partial charge in [-0.1, -0.05) is 42.5 Å². The number of fused-ring (bicyclic) bond motifs is 1. The van der Waals surface area contributed by atoms with Gasteiger partial charge in [-0.25, -0.2) is 4.79 Å². The molecule has 0 bridgehead atoms. The van der Waals surface area contributed by atoms with Gasteiger partial charge in [0.1, 0.15) is 0 Å². The van der Waals surface area contributed by atoms with E-state index in [0.717, 1.165) is 22.4 Å². The van der Waals surface area contributed by atoms with Crippen LogP contribution in [0.1, 0.15) is 28.9 Å². The monoisotopic (exact) mass is 408 g/mol. The van der Waals surface area contributed by atoms with Crippen LogP contribution in [-0.4, -0.2) is 30.5 Å². The summed E-state index contributed by atoms with van der Waals surface area (Å²) in [5.41, 5.74) is 0.539. The smallest absolute Gasteiger partial charge is 0.338 e. The van der Waals surface area contributed by atoms with Crippen LogP contribution in [0.3, 0.4) is 0 Å². The van der Waals surface area contributed by atoms with E-state index in [-0.39, 0.29) is 23.0 Å². The summed E-state index contributed by atoms with van der Waals surface area (Å²) >= 11 is 0. The minimum absolute atomic E-state index is 0.0261. The number of hydrogen-bond donors (Lipinski definition) is 1. The molecule has 30 heavy (non-hydrogen) atoms. The molecular weight excluding hydrogens is 388 g/mol. The molecule has 1 amide bonds. The van der Waals surface area contributed by atoms with Gasteiger partial charge in [-0.15, -0.1) is 0 Å². The zero-order valence-electron chi connectivity index (χ0n) is 16.5. The molecule has 1 atom stereocenters. The van der Waals surface area contributed by atoms with Crippen molar-refractivity contribution in [2.75, 3.05) is 13.7 Å². The van der Waals surface area contributed by atoms with E-state index in [9.17, 15) is 19.7 Å². The lowest BCUT2D eigenvalue weighted by Crippen LogP contribution is -2.31. The first kappa shape index (κ1) is 20.8. The highest BCUT2D eigenvalue weighted by Crippen LogP contribution is 2.28. The molecule has 0 unspecified atom stereocenters. The Labute approximate surface area is 172 Å². The van der Waals surface area contributed by atoms with Gasteiger partial charge in [0.05, 0.1) is 23.6 Å². The van der Waals surface area contributed by atoms with Crippen molar-refractivity contribution < 1.29 is 24.0 Å². The molecule has 0 aliphatic heterocycles. The normalized spacial score (nSPS) is 11.5. The Morgan fingerprint density at radius 2 is 1.83 bits per heavy atom. The van der Waals surface area contributed by atoms with Crippen LogP contribution in [0.2, 0.25) is 0 Å². The van der Waals surface area contributed by atoms with Crippen molar-refractivity contribution in [3.05, 3.63) is 81.9 Å². The van der Waals surface area contributed by atoms with Crippen molar-refractivity contribution in [2.24, 2.45) is 0 Å². The maximum absolute atomic E-state index is 12.3. The second kappa shape index (κ2) is 9.04.